The van der Waals surface area contributed by atoms with Gasteiger partial charge in [-0.25, -0.2) is 96.1 Å². The molecule has 20 aromatic rings. The fourth-order valence-corrected chi connectivity index (χ4v) is 16.8. The molecular formula is C107H99F4N25O8S. The average Bonchev–Trinajstić information content (AvgIpc) is 1.61. The SMILES string of the molecule is Cc1ccc(COc2cc(F)cc(Oc3ccc(-n4nc(C(C)C)c5ncnc(N)c54)cc3)c2)cn1.Cc1ccc(COc2cc(F)cc(Oc3ccc(-n4nc(C(C)C)c5ncnc(N)c54)cc3)c2)s1.Cc1ncc(COc2cc(F)cc(Oc3ccc(-n4nc(C(C)C)c5ncnc(N)c54)cc3)c2)cn1.Cc1ncc(COc2cc(F)cc(Oc3ccc(-n4nc(C5CCCC5)c5ncnc(N)c54)cc3)c2)cn1. The summed E-state index contributed by atoms with van der Waals surface area (Å²) in [4.78, 5) is 57.3. The van der Waals surface area contributed by atoms with Crippen molar-refractivity contribution >= 4 is 78.7 Å². The summed E-state index contributed by atoms with van der Waals surface area (Å²) in [5.74, 6) is 6.71. The van der Waals surface area contributed by atoms with Gasteiger partial charge in [0.15, 0.2) is 23.3 Å². The molecule has 0 radical (unpaired) electrons. The van der Waals surface area contributed by atoms with E-state index in [2.05, 4.69) is 92.5 Å². The van der Waals surface area contributed by atoms with E-state index in [4.69, 9.17) is 81.2 Å². The monoisotopic (exact) mass is 1970 g/mol. The summed E-state index contributed by atoms with van der Waals surface area (Å²) in [6.07, 6.45) is 18.9. The number of thiophene rings is 1. The highest BCUT2D eigenvalue weighted by Gasteiger charge is 2.28. The van der Waals surface area contributed by atoms with E-state index in [9.17, 15) is 17.6 Å². The summed E-state index contributed by atoms with van der Waals surface area (Å²) < 4.78 is 111. The van der Waals surface area contributed by atoms with Crippen LogP contribution in [0.5, 0.6) is 69.0 Å². The van der Waals surface area contributed by atoms with Crippen LogP contribution in [0.2, 0.25) is 0 Å². The minimum absolute atomic E-state index is 0.161. The Morgan fingerprint density at radius 2 is 0.607 bits per heavy atom. The zero-order chi connectivity index (χ0) is 101. The predicted molar refractivity (Wildman–Crippen MR) is 543 cm³/mol. The maximum absolute atomic E-state index is 14.3. The number of hydrogen-bond acceptors (Lipinski definition) is 30. The summed E-state index contributed by atoms with van der Waals surface area (Å²) in [5, 5.41) is 19.1. The molecule has 8 aromatic carbocycles. The fraction of sp³-hybridized carbons (Fsp3) is 0.206. The molecule has 1 aliphatic carbocycles. The molecule has 8 N–H and O–H groups in total. The van der Waals surface area contributed by atoms with Crippen LogP contribution in [-0.4, -0.2) is 104 Å². The first-order chi connectivity index (χ1) is 70.1. The van der Waals surface area contributed by atoms with Crippen molar-refractivity contribution in [3.63, 3.8) is 0 Å². The Balaban J connectivity index is 0.000000127. The van der Waals surface area contributed by atoms with Crippen LogP contribution in [-0.2, 0) is 26.4 Å². The Bertz CT molecular complexity index is 7740. The lowest BCUT2D eigenvalue weighted by molar-refractivity contribution is 0.301. The van der Waals surface area contributed by atoms with Crippen molar-refractivity contribution in [1.29, 1.82) is 0 Å². The summed E-state index contributed by atoms with van der Waals surface area (Å²) in [5.41, 5.74) is 40.3. The number of fused-ring (bicyclic) bond motifs is 4. The lowest BCUT2D eigenvalue weighted by Crippen LogP contribution is -2.01. The Morgan fingerprint density at radius 3 is 0.917 bits per heavy atom. The molecule has 12 heterocycles. The fourth-order valence-electron chi connectivity index (χ4n) is 16.0. The topological polar surface area (TPSA) is 417 Å². The van der Waals surface area contributed by atoms with Crippen molar-refractivity contribution in [3.8, 4) is 91.7 Å². The molecule has 1 fully saturated rings. The highest BCUT2D eigenvalue weighted by Crippen LogP contribution is 2.42. The first kappa shape index (κ1) is 97.5. The van der Waals surface area contributed by atoms with Gasteiger partial charge in [-0.2, -0.15) is 20.4 Å². The number of rotatable bonds is 28. The lowest BCUT2D eigenvalue weighted by Gasteiger charge is -2.11. The van der Waals surface area contributed by atoms with E-state index in [1.54, 1.807) is 141 Å². The number of nitrogens with two attached hydrogens (primary N) is 4. The Morgan fingerprint density at radius 1 is 0.310 bits per heavy atom. The standard InChI is InChI=1S/C28H26FN7O2.C27H25FN6O2.C26H24FN7O2.C26H24FN5O2S/c1-17-31-13-18(14-32-17)15-37-23-10-20(29)11-24(12-23)38-22-8-6-21(7-9-22)36-27-26(33-16-34-28(27)30)25(35-36)19-4-2-3-5-19;1-16(2)24-25-26(27(29)32-15-31-25)34(33-24)20-6-8-21(9-7-20)36-23-11-19(28)10-22(12-23)35-14-18-5-4-17(3)30-13-18;1-15(2)23-24-25(26(28)32-14-31-24)34(33-23)19-4-6-20(7-5-19)36-22-9-18(27)8-21(10-22)35-13-17-11-29-16(3)30-12-17;1-15(2)23-24-25(26(28)30-14-29-24)32(31-23)18-5-7-19(8-6-18)34-21-11-17(27)10-20(12-21)33-13-22-9-4-16(3)35-22/h6-14,16,19H,2-5,15H2,1H3,(H2,30,33,34);4-13,15-16H,14H2,1-3H3,(H2,29,31,32);4-12,14-15H,13H2,1-3H3,(H2,28,31,32);4-12,14-15H,13H2,1-3H3,(H2,28,29,30). The van der Waals surface area contributed by atoms with E-state index in [1.807, 2.05) is 107 Å². The van der Waals surface area contributed by atoms with Crippen LogP contribution in [0.3, 0.4) is 0 Å². The minimum Gasteiger partial charge on any atom is -0.489 e. The highest BCUT2D eigenvalue weighted by molar-refractivity contribution is 7.11. The molecule has 0 unspecified atom stereocenters. The number of hydrogen-bond donors (Lipinski definition) is 4. The summed E-state index contributed by atoms with van der Waals surface area (Å²) in [6, 6.07) is 54.1. The second-order valence-corrected chi connectivity index (χ2v) is 36.5. The van der Waals surface area contributed by atoms with Crippen molar-refractivity contribution in [2.45, 2.75) is 145 Å². The van der Waals surface area contributed by atoms with E-state index in [0.717, 1.165) is 108 Å². The van der Waals surface area contributed by atoms with Gasteiger partial charge in [-0.15, -0.1) is 11.3 Å². The molecule has 33 nitrogen and oxygen atoms in total. The first-order valence-electron chi connectivity index (χ1n) is 46.5. The molecule has 0 aliphatic heterocycles. The second kappa shape index (κ2) is 43.6. The molecule has 38 heteroatoms. The largest absolute Gasteiger partial charge is 0.489 e. The van der Waals surface area contributed by atoms with Crippen molar-refractivity contribution in [3.05, 3.63) is 340 Å². The van der Waals surface area contributed by atoms with Gasteiger partial charge in [-0.05, 0) is 174 Å². The minimum atomic E-state index is -0.473. The zero-order valence-corrected chi connectivity index (χ0v) is 81.3. The third kappa shape index (κ3) is 23.5. The third-order valence-electron chi connectivity index (χ3n) is 23.1. The molecule has 0 spiro atoms. The van der Waals surface area contributed by atoms with Gasteiger partial charge in [0.25, 0.3) is 0 Å². The van der Waals surface area contributed by atoms with Gasteiger partial charge in [0, 0.05) is 142 Å². The number of nitrogen functional groups attached to an aromatic ring is 4. The van der Waals surface area contributed by atoms with Gasteiger partial charge >= 0.3 is 0 Å². The number of anilines is 4. The van der Waals surface area contributed by atoms with Crippen molar-refractivity contribution in [2.75, 3.05) is 22.9 Å². The second-order valence-electron chi connectivity index (χ2n) is 35.1. The van der Waals surface area contributed by atoms with Crippen LogP contribution >= 0.6 is 11.3 Å². The Labute approximate surface area is 833 Å². The zero-order valence-electron chi connectivity index (χ0n) is 80.5. The summed E-state index contributed by atoms with van der Waals surface area (Å²) in [6.45, 7) is 20.9. The third-order valence-corrected chi connectivity index (χ3v) is 24.1. The number of pyridine rings is 1. The number of halogens is 4. The van der Waals surface area contributed by atoms with E-state index < -0.39 is 23.3 Å². The van der Waals surface area contributed by atoms with Crippen LogP contribution in [0.1, 0.15) is 157 Å². The summed E-state index contributed by atoms with van der Waals surface area (Å²) >= 11 is 1.65. The van der Waals surface area contributed by atoms with Crippen LogP contribution in [0.25, 0.3) is 66.9 Å². The molecule has 734 valence electrons. The molecule has 21 rings (SSSR count). The van der Waals surface area contributed by atoms with E-state index >= 15 is 0 Å². The number of benzene rings is 8. The molecule has 0 bridgehead atoms. The molecule has 12 aromatic heterocycles. The molecule has 1 saturated carbocycles. The van der Waals surface area contributed by atoms with Gasteiger partial charge in [-0.3, -0.25) is 4.98 Å². The lowest BCUT2D eigenvalue weighted by atomic mass is 10.0. The van der Waals surface area contributed by atoms with E-state index in [-0.39, 0.29) is 37.6 Å². The quantitative estimate of drug-likeness (QED) is 0.0331. The van der Waals surface area contributed by atoms with Gasteiger partial charge in [0.05, 0.1) is 45.5 Å². The van der Waals surface area contributed by atoms with Crippen LogP contribution in [0, 0.1) is 51.0 Å². The molecule has 0 atom stereocenters. The first-order valence-corrected chi connectivity index (χ1v) is 47.3. The number of aryl methyl sites for hydroxylation is 4. The Hall–Kier alpha value is -17.7. The Kier molecular flexibility index (Phi) is 29.3. The molecule has 1 aliphatic rings. The maximum Gasteiger partial charge on any atom is 0.153 e. The average molecular weight is 1970 g/mol. The van der Waals surface area contributed by atoms with Crippen molar-refractivity contribution in [1.82, 2.24) is 104 Å². The van der Waals surface area contributed by atoms with E-state index in [0.29, 0.717) is 139 Å². The van der Waals surface area contributed by atoms with E-state index in [1.165, 1.54) is 91.6 Å². The number of ether oxygens (including phenoxy) is 8. The highest BCUT2D eigenvalue weighted by atomic mass is 32.1. The van der Waals surface area contributed by atoms with Crippen LogP contribution in [0.4, 0.5) is 40.8 Å². The predicted octanol–water partition coefficient (Wildman–Crippen LogP) is 22.9. The van der Waals surface area contributed by atoms with Crippen molar-refractivity contribution in [2.24, 2.45) is 0 Å². The van der Waals surface area contributed by atoms with Gasteiger partial charge in [0.2, 0.25) is 0 Å². The maximum atomic E-state index is 14.3. The number of nitrogens with zero attached hydrogens (tertiary/aromatic N) is 21. The summed E-state index contributed by atoms with van der Waals surface area (Å²) in [7, 11) is 0. The van der Waals surface area contributed by atoms with Gasteiger partial charge < -0.3 is 60.8 Å². The van der Waals surface area contributed by atoms with Gasteiger partial charge in [0.1, 0.15) is 200 Å². The molecular weight excluding hydrogens is 1870 g/mol. The number of aromatic nitrogens is 21. The smallest absolute Gasteiger partial charge is 0.153 e. The normalized spacial score (nSPS) is 11.9. The van der Waals surface area contributed by atoms with Crippen LogP contribution < -0.4 is 60.8 Å². The molecule has 145 heavy (non-hydrogen) atoms. The molecule has 0 saturated heterocycles. The van der Waals surface area contributed by atoms with Crippen molar-refractivity contribution < 1.29 is 55.5 Å². The molecule has 0 amide bonds. The van der Waals surface area contributed by atoms with Gasteiger partial charge in [-0.1, -0.05) is 60.5 Å². The van der Waals surface area contributed by atoms with Crippen LogP contribution in [0.15, 0.2) is 250 Å².